The monoisotopic (exact) mass is 290 g/mol. The van der Waals surface area contributed by atoms with Gasteiger partial charge in [-0.25, -0.2) is 10.1 Å². The van der Waals surface area contributed by atoms with Gasteiger partial charge in [-0.15, -0.1) is 0 Å². The van der Waals surface area contributed by atoms with Gasteiger partial charge < -0.3 is 5.11 Å². The first-order valence-electron chi connectivity index (χ1n) is 5.61. The first-order chi connectivity index (χ1) is 9.69. The van der Waals surface area contributed by atoms with Crippen LogP contribution in [0.3, 0.4) is 0 Å². The van der Waals surface area contributed by atoms with E-state index in [1.54, 1.807) is 0 Å². The Labute approximate surface area is 117 Å². The zero-order valence-corrected chi connectivity index (χ0v) is 11.0. The maximum Gasteiger partial charge on any atom is 0.277 e. The summed E-state index contributed by atoms with van der Waals surface area (Å²) in [5, 5.41) is 17.3. The Morgan fingerprint density at radius 2 is 2.35 bits per heavy atom. The van der Waals surface area contributed by atoms with Crippen molar-refractivity contribution >= 4 is 22.4 Å². The van der Waals surface area contributed by atoms with E-state index >= 15 is 0 Å². The van der Waals surface area contributed by atoms with Crippen LogP contribution in [-0.2, 0) is 0 Å². The minimum atomic E-state index is -0.467. The molecule has 0 radical (unpaired) electrons. The van der Waals surface area contributed by atoms with Gasteiger partial charge in [-0.1, -0.05) is 23.2 Å². The van der Waals surface area contributed by atoms with E-state index in [0.717, 1.165) is 0 Å². The summed E-state index contributed by atoms with van der Waals surface area (Å²) in [6.45, 7) is 0.00722. The number of rotatable bonds is 3. The van der Waals surface area contributed by atoms with Gasteiger partial charge in [-0.05, 0) is 6.07 Å². The summed E-state index contributed by atoms with van der Waals surface area (Å²) < 4.78 is 0. The van der Waals surface area contributed by atoms with Crippen molar-refractivity contribution in [2.24, 2.45) is 0 Å². The number of aromatic amines is 1. The van der Waals surface area contributed by atoms with Crippen LogP contribution in [0, 0.1) is 11.8 Å². The molecular weight excluding hydrogens is 280 g/mol. The molecule has 3 N–H and O–H groups in total. The Bertz CT molecular complexity index is 706. The molecule has 1 amide bonds. The number of carbonyl (C=O) groups excluding carboxylic acids is 1. The average Bonchev–Trinajstić information content (AvgIpc) is 2.87. The Morgan fingerprint density at radius 3 is 3.05 bits per heavy atom. The van der Waals surface area contributed by atoms with Gasteiger partial charge in [0.2, 0.25) is 0 Å². The normalized spacial score (nSPS) is 9.65. The maximum absolute atomic E-state index is 11.8. The molecule has 7 nitrogen and oxygen atoms in total. The van der Waals surface area contributed by atoms with Crippen molar-refractivity contribution in [3.8, 4) is 11.8 Å². The second kappa shape index (κ2) is 6.60. The summed E-state index contributed by atoms with van der Waals surface area (Å²) >= 11 is 1.21. The topological polar surface area (TPSA) is 108 Å². The number of H-pyrrole nitrogens is 1. The predicted molar refractivity (Wildman–Crippen MR) is 73.5 cm³/mol. The number of anilines is 1. The van der Waals surface area contributed by atoms with E-state index in [9.17, 15) is 9.59 Å². The van der Waals surface area contributed by atoms with Crippen LogP contribution in [0.2, 0.25) is 0 Å². The van der Waals surface area contributed by atoms with E-state index in [1.165, 1.54) is 29.7 Å². The lowest BCUT2D eigenvalue weighted by Gasteiger charge is -1.98. The van der Waals surface area contributed by atoms with Gasteiger partial charge in [0.15, 0.2) is 5.13 Å². The fraction of sp³-hybridized carbons (Fsp3) is 0.167. The molecule has 0 aliphatic carbocycles. The highest BCUT2D eigenvalue weighted by Crippen LogP contribution is 2.17. The lowest BCUT2D eigenvalue weighted by Crippen LogP contribution is -2.17. The molecule has 0 fully saturated rings. The quantitative estimate of drug-likeness (QED) is 0.700. The highest BCUT2D eigenvalue weighted by Gasteiger charge is 2.10. The van der Waals surface area contributed by atoms with Crippen LogP contribution in [0.1, 0.15) is 21.8 Å². The summed E-state index contributed by atoms with van der Waals surface area (Å²) in [6.07, 6.45) is 1.92. The molecule has 0 aliphatic rings. The van der Waals surface area contributed by atoms with Gasteiger partial charge in [-0.2, -0.15) is 5.10 Å². The number of hydrogen-bond donors (Lipinski definition) is 3. The fourth-order valence-corrected chi connectivity index (χ4v) is 1.91. The number of hydrogen-bond acceptors (Lipinski definition) is 6. The van der Waals surface area contributed by atoms with Crippen molar-refractivity contribution < 1.29 is 9.90 Å². The van der Waals surface area contributed by atoms with Crippen molar-refractivity contribution in [1.29, 1.82) is 0 Å². The van der Waals surface area contributed by atoms with Gasteiger partial charge in [-0.3, -0.25) is 14.9 Å². The van der Waals surface area contributed by atoms with Crippen LogP contribution >= 0.6 is 11.3 Å². The van der Waals surface area contributed by atoms with Gasteiger partial charge in [0.1, 0.15) is 5.69 Å². The third kappa shape index (κ3) is 3.74. The highest BCUT2D eigenvalue weighted by molar-refractivity contribution is 7.16. The number of thiazole rings is 1. The third-order valence-electron chi connectivity index (χ3n) is 2.09. The van der Waals surface area contributed by atoms with Crippen LogP contribution in [0.25, 0.3) is 0 Å². The number of amides is 1. The first-order valence-corrected chi connectivity index (χ1v) is 6.43. The van der Waals surface area contributed by atoms with Crippen molar-refractivity contribution in [1.82, 2.24) is 15.2 Å². The van der Waals surface area contributed by atoms with Crippen molar-refractivity contribution in [3.63, 3.8) is 0 Å². The van der Waals surface area contributed by atoms with Crippen LogP contribution in [0.15, 0.2) is 23.1 Å². The number of aromatic nitrogens is 3. The standard InChI is InChI=1S/C12H10N4O3S/c17-6-2-1-3-8-7-13-12(20-8)14-11(19)9-4-5-10(18)16-15-9/h4-5,7,17H,2,6H2,(H,16,18)(H,13,14,19). The molecule has 2 rings (SSSR count). The minimum Gasteiger partial charge on any atom is -0.395 e. The Morgan fingerprint density at radius 1 is 1.50 bits per heavy atom. The Kier molecular flexibility index (Phi) is 4.60. The van der Waals surface area contributed by atoms with E-state index in [4.69, 9.17) is 5.11 Å². The highest BCUT2D eigenvalue weighted by atomic mass is 32.1. The molecule has 0 aliphatic heterocycles. The number of nitrogens with zero attached hydrogens (tertiary/aromatic N) is 2. The number of nitrogens with one attached hydrogen (secondary N) is 2. The molecule has 102 valence electrons. The molecule has 0 atom stereocenters. The zero-order chi connectivity index (χ0) is 14.4. The summed E-state index contributed by atoms with van der Waals surface area (Å²) in [4.78, 5) is 27.3. The second-order valence-corrected chi connectivity index (χ2v) is 4.60. The number of aliphatic hydroxyl groups excluding tert-OH is 1. The summed E-state index contributed by atoms with van der Waals surface area (Å²) in [5.74, 6) is 5.11. The Hall–Kier alpha value is -2.50. The van der Waals surface area contributed by atoms with E-state index in [-0.39, 0.29) is 17.9 Å². The minimum absolute atomic E-state index is 0.00722. The summed E-state index contributed by atoms with van der Waals surface area (Å²) in [5.41, 5.74) is -0.287. The molecule has 0 spiro atoms. The largest absolute Gasteiger partial charge is 0.395 e. The predicted octanol–water partition coefficient (Wildman–Crippen LogP) is 0.213. The first kappa shape index (κ1) is 13.9. The van der Waals surface area contributed by atoms with Crippen molar-refractivity contribution in [3.05, 3.63) is 39.3 Å². The van der Waals surface area contributed by atoms with Crippen LogP contribution in [0.4, 0.5) is 5.13 Å². The maximum atomic E-state index is 11.8. The van der Waals surface area contributed by atoms with Gasteiger partial charge in [0, 0.05) is 12.5 Å². The van der Waals surface area contributed by atoms with E-state index < -0.39 is 5.91 Å². The van der Waals surface area contributed by atoms with Crippen LogP contribution in [-0.4, -0.2) is 32.8 Å². The molecule has 0 saturated heterocycles. The van der Waals surface area contributed by atoms with Gasteiger partial charge in [0.25, 0.3) is 11.5 Å². The number of carbonyl (C=O) groups is 1. The summed E-state index contributed by atoms with van der Waals surface area (Å²) in [7, 11) is 0. The third-order valence-corrected chi connectivity index (χ3v) is 2.91. The number of aliphatic hydroxyl groups is 1. The van der Waals surface area contributed by atoms with Gasteiger partial charge in [0.05, 0.1) is 17.7 Å². The van der Waals surface area contributed by atoms with Crippen LogP contribution < -0.4 is 10.9 Å². The van der Waals surface area contributed by atoms with Crippen LogP contribution in [0.5, 0.6) is 0 Å². The molecule has 20 heavy (non-hydrogen) atoms. The molecule has 2 aromatic rings. The lowest BCUT2D eigenvalue weighted by molar-refractivity contribution is 0.102. The zero-order valence-electron chi connectivity index (χ0n) is 10.2. The summed E-state index contributed by atoms with van der Waals surface area (Å²) in [6, 6.07) is 2.54. The molecule has 0 bridgehead atoms. The van der Waals surface area contributed by atoms with E-state index in [2.05, 4.69) is 32.3 Å². The smallest absolute Gasteiger partial charge is 0.277 e. The molecule has 0 saturated carbocycles. The SMILES string of the molecule is O=C(Nc1ncc(C#CCCO)s1)c1ccc(=O)[nH]n1. The van der Waals surface area contributed by atoms with E-state index in [1.807, 2.05) is 0 Å². The van der Waals surface area contributed by atoms with Crippen molar-refractivity contribution in [2.45, 2.75) is 6.42 Å². The second-order valence-electron chi connectivity index (χ2n) is 3.57. The molecule has 0 aromatic carbocycles. The van der Waals surface area contributed by atoms with Crippen molar-refractivity contribution in [2.75, 3.05) is 11.9 Å². The fourth-order valence-electron chi connectivity index (χ4n) is 1.23. The Balaban J connectivity index is 2.03. The molecule has 0 unspecified atom stereocenters. The van der Waals surface area contributed by atoms with E-state index in [0.29, 0.717) is 16.4 Å². The molecule has 8 heteroatoms. The van der Waals surface area contributed by atoms with Gasteiger partial charge >= 0.3 is 0 Å². The average molecular weight is 290 g/mol. The molecule has 2 aromatic heterocycles. The molecular formula is C12H10N4O3S. The molecule has 2 heterocycles. The lowest BCUT2D eigenvalue weighted by atomic mass is 10.4.